The van der Waals surface area contributed by atoms with Crippen molar-refractivity contribution in [1.82, 2.24) is 0 Å². The van der Waals surface area contributed by atoms with Crippen LogP contribution in [0.2, 0.25) is 0 Å². The molecule has 1 aromatic rings. The quantitative estimate of drug-likeness (QED) is 0.824. The van der Waals surface area contributed by atoms with E-state index in [9.17, 15) is 0 Å². The van der Waals surface area contributed by atoms with E-state index in [1.165, 1.54) is 34.2 Å². The third-order valence-corrected chi connectivity index (χ3v) is 5.70. The second kappa shape index (κ2) is 3.95. The molecule has 0 amide bonds. The smallest absolute Gasteiger partial charge is 0.0515 e. The van der Waals surface area contributed by atoms with Crippen molar-refractivity contribution in [3.05, 3.63) is 20.3 Å². The Morgan fingerprint density at radius 3 is 2.50 bits per heavy atom. The molecule has 1 heterocycles. The SMILES string of the molecule is Cc1csc(C2(N)CCCCC2)c1Br. The summed E-state index contributed by atoms with van der Waals surface area (Å²) in [4.78, 5) is 1.36. The minimum absolute atomic E-state index is 0.0456. The average Bonchev–Trinajstić information content (AvgIpc) is 2.49. The van der Waals surface area contributed by atoms with Crippen LogP contribution in [0.5, 0.6) is 0 Å². The summed E-state index contributed by atoms with van der Waals surface area (Å²) in [6, 6.07) is 0. The van der Waals surface area contributed by atoms with Gasteiger partial charge in [0.2, 0.25) is 0 Å². The molecule has 0 spiro atoms. The first-order valence-corrected chi connectivity index (χ1v) is 6.84. The first-order chi connectivity index (χ1) is 6.63. The molecule has 1 aromatic heterocycles. The van der Waals surface area contributed by atoms with Crippen LogP contribution < -0.4 is 5.73 Å². The van der Waals surface area contributed by atoms with Crippen LogP contribution in [-0.2, 0) is 5.54 Å². The summed E-state index contributed by atoms with van der Waals surface area (Å²) in [6.07, 6.45) is 6.19. The van der Waals surface area contributed by atoms with Crippen molar-refractivity contribution >= 4 is 27.3 Å². The zero-order chi connectivity index (χ0) is 10.2. The first kappa shape index (κ1) is 10.7. The van der Waals surface area contributed by atoms with Crippen LogP contribution in [0.4, 0.5) is 0 Å². The molecule has 0 unspecified atom stereocenters. The zero-order valence-electron chi connectivity index (χ0n) is 8.48. The summed E-state index contributed by atoms with van der Waals surface area (Å²) in [5, 5.41) is 2.20. The lowest BCUT2D eigenvalue weighted by Crippen LogP contribution is -2.38. The molecule has 0 bridgehead atoms. The molecule has 2 N–H and O–H groups in total. The molecule has 3 heteroatoms. The standard InChI is InChI=1S/C11H16BrNS/c1-8-7-14-10(9(8)12)11(13)5-3-2-4-6-11/h7H,2-6,13H2,1H3. The van der Waals surface area contributed by atoms with Gasteiger partial charge < -0.3 is 5.73 Å². The molecule has 1 fully saturated rings. The normalized spacial score (nSPS) is 21.1. The van der Waals surface area contributed by atoms with E-state index in [0.29, 0.717) is 0 Å². The fourth-order valence-electron chi connectivity index (χ4n) is 2.18. The van der Waals surface area contributed by atoms with Crippen molar-refractivity contribution in [1.29, 1.82) is 0 Å². The highest BCUT2D eigenvalue weighted by atomic mass is 79.9. The summed E-state index contributed by atoms with van der Waals surface area (Å²) < 4.78 is 1.24. The molecule has 0 aliphatic heterocycles. The average molecular weight is 274 g/mol. The molecule has 1 aliphatic rings. The van der Waals surface area contributed by atoms with Crippen LogP contribution in [0.3, 0.4) is 0 Å². The second-order valence-corrected chi connectivity index (χ2v) is 5.95. The molecule has 1 saturated carbocycles. The third kappa shape index (κ3) is 1.77. The van der Waals surface area contributed by atoms with E-state index in [-0.39, 0.29) is 5.54 Å². The van der Waals surface area contributed by atoms with Gasteiger partial charge in [-0.25, -0.2) is 0 Å². The van der Waals surface area contributed by atoms with E-state index < -0.39 is 0 Å². The van der Waals surface area contributed by atoms with E-state index >= 15 is 0 Å². The van der Waals surface area contributed by atoms with Gasteiger partial charge in [0.05, 0.1) is 5.54 Å². The molecule has 2 rings (SSSR count). The highest BCUT2D eigenvalue weighted by molar-refractivity contribution is 9.10. The Kier molecular flexibility index (Phi) is 3.01. The molecule has 0 saturated heterocycles. The summed E-state index contributed by atoms with van der Waals surface area (Å²) in [5.74, 6) is 0. The molecular weight excluding hydrogens is 258 g/mol. The second-order valence-electron chi connectivity index (χ2n) is 4.28. The zero-order valence-corrected chi connectivity index (χ0v) is 10.9. The fraction of sp³-hybridized carbons (Fsp3) is 0.636. The molecule has 14 heavy (non-hydrogen) atoms. The van der Waals surface area contributed by atoms with Crippen molar-refractivity contribution in [3.8, 4) is 0 Å². The van der Waals surface area contributed by atoms with Crippen molar-refractivity contribution in [3.63, 3.8) is 0 Å². The summed E-state index contributed by atoms with van der Waals surface area (Å²) >= 11 is 5.46. The molecule has 0 radical (unpaired) electrons. The maximum absolute atomic E-state index is 6.47. The number of aryl methyl sites for hydroxylation is 1. The van der Waals surface area contributed by atoms with Gasteiger partial charge in [0.15, 0.2) is 0 Å². The number of nitrogens with two attached hydrogens (primary N) is 1. The van der Waals surface area contributed by atoms with E-state index in [1.807, 2.05) is 11.3 Å². The van der Waals surface area contributed by atoms with Gasteiger partial charge in [0.1, 0.15) is 0 Å². The Balaban J connectivity index is 2.32. The van der Waals surface area contributed by atoms with E-state index in [0.717, 1.165) is 12.8 Å². The van der Waals surface area contributed by atoms with Crippen LogP contribution in [0.15, 0.2) is 9.85 Å². The topological polar surface area (TPSA) is 26.0 Å². The summed E-state index contributed by atoms with van der Waals surface area (Å²) in [6.45, 7) is 2.14. The van der Waals surface area contributed by atoms with Gasteiger partial charge >= 0.3 is 0 Å². The lowest BCUT2D eigenvalue weighted by atomic mass is 9.81. The number of thiophene rings is 1. The minimum atomic E-state index is -0.0456. The fourth-order valence-corrected chi connectivity index (χ4v) is 4.23. The Morgan fingerprint density at radius 2 is 2.00 bits per heavy atom. The van der Waals surface area contributed by atoms with E-state index in [4.69, 9.17) is 5.73 Å². The maximum Gasteiger partial charge on any atom is 0.0515 e. The monoisotopic (exact) mass is 273 g/mol. The summed E-state index contributed by atoms with van der Waals surface area (Å²) in [7, 11) is 0. The minimum Gasteiger partial charge on any atom is -0.321 e. The number of halogens is 1. The van der Waals surface area contributed by atoms with Crippen LogP contribution in [0, 0.1) is 6.92 Å². The molecule has 0 atom stereocenters. The van der Waals surface area contributed by atoms with Gasteiger partial charge in [-0.1, -0.05) is 19.3 Å². The molecule has 0 aromatic carbocycles. The van der Waals surface area contributed by atoms with E-state index in [1.54, 1.807) is 0 Å². The van der Waals surface area contributed by atoms with Crippen LogP contribution in [0.25, 0.3) is 0 Å². The predicted molar refractivity (Wildman–Crippen MR) is 65.7 cm³/mol. The first-order valence-electron chi connectivity index (χ1n) is 5.16. The van der Waals surface area contributed by atoms with Crippen LogP contribution in [-0.4, -0.2) is 0 Å². The highest BCUT2D eigenvalue weighted by Gasteiger charge is 2.32. The van der Waals surface area contributed by atoms with Crippen LogP contribution >= 0.6 is 27.3 Å². The van der Waals surface area contributed by atoms with Crippen molar-refractivity contribution in [2.75, 3.05) is 0 Å². The van der Waals surface area contributed by atoms with Crippen molar-refractivity contribution < 1.29 is 0 Å². The number of rotatable bonds is 1. The number of hydrogen-bond donors (Lipinski definition) is 1. The molecule has 78 valence electrons. The van der Waals surface area contributed by atoms with Gasteiger partial charge in [-0.3, -0.25) is 0 Å². The van der Waals surface area contributed by atoms with E-state index in [2.05, 4.69) is 28.2 Å². The largest absolute Gasteiger partial charge is 0.321 e. The van der Waals surface area contributed by atoms with Gasteiger partial charge in [0, 0.05) is 9.35 Å². The summed E-state index contributed by atoms with van der Waals surface area (Å²) in [5.41, 5.74) is 7.75. The molecule has 1 nitrogen and oxygen atoms in total. The number of hydrogen-bond acceptors (Lipinski definition) is 2. The Labute approximate surface area is 97.8 Å². The van der Waals surface area contributed by atoms with Crippen LogP contribution in [0.1, 0.15) is 42.5 Å². The van der Waals surface area contributed by atoms with Crippen molar-refractivity contribution in [2.45, 2.75) is 44.6 Å². The Bertz CT molecular complexity index is 326. The van der Waals surface area contributed by atoms with Gasteiger partial charge in [-0.2, -0.15) is 0 Å². The molecule has 1 aliphatic carbocycles. The Morgan fingerprint density at radius 1 is 1.36 bits per heavy atom. The van der Waals surface area contributed by atoms with Gasteiger partial charge in [-0.15, -0.1) is 11.3 Å². The van der Waals surface area contributed by atoms with Gasteiger partial charge in [0.25, 0.3) is 0 Å². The highest BCUT2D eigenvalue weighted by Crippen LogP contribution is 2.42. The lowest BCUT2D eigenvalue weighted by Gasteiger charge is -2.33. The maximum atomic E-state index is 6.47. The van der Waals surface area contributed by atoms with Crippen molar-refractivity contribution in [2.24, 2.45) is 5.73 Å². The lowest BCUT2D eigenvalue weighted by molar-refractivity contribution is 0.306. The molecular formula is C11H16BrNS. The third-order valence-electron chi connectivity index (χ3n) is 3.10. The van der Waals surface area contributed by atoms with Gasteiger partial charge in [-0.05, 0) is 46.6 Å². The predicted octanol–water partition coefficient (Wildman–Crippen LogP) is 3.94. The Hall–Kier alpha value is 0.140.